The largest absolute Gasteiger partial charge is 0.492 e. The van der Waals surface area contributed by atoms with Crippen LogP contribution in [0.1, 0.15) is 5.56 Å². The van der Waals surface area contributed by atoms with Gasteiger partial charge in [-0.15, -0.1) is 0 Å². The maximum absolute atomic E-state index is 11.0. The second kappa shape index (κ2) is 6.06. The molecule has 0 spiro atoms. The van der Waals surface area contributed by atoms with Gasteiger partial charge in [-0.3, -0.25) is 10.1 Å². The van der Waals surface area contributed by atoms with Gasteiger partial charge in [0.1, 0.15) is 0 Å². The van der Waals surface area contributed by atoms with Crippen LogP contribution in [0.5, 0.6) is 17.2 Å². The lowest BCUT2D eigenvalue weighted by Crippen LogP contribution is -2.04. The van der Waals surface area contributed by atoms with E-state index in [4.69, 9.17) is 18.9 Å². The number of hydrogen-bond acceptors (Lipinski definition) is 6. The maximum atomic E-state index is 11.0. The first-order chi connectivity index (χ1) is 8.56. The molecule has 0 saturated heterocycles. The van der Waals surface area contributed by atoms with Gasteiger partial charge in [0.15, 0.2) is 18.3 Å². The standard InChI is InChI=1S/C11H15NO6/c1-7-10(16-3)8(12(13)14)5-9(11(7)17-4)18-6-15-2/h5H,6H2,1-4H3. The van der Waals surface area contributed by atoms with Crippen molar-refractivity contribution in [2.24, 2.45) is 0 Å². The third kappa shape index (κ3) is 2.62. The van der Waals surface area contributed by atoms with Crippen molar-refractivity contribution in [3.8, 4) is 17.2 Å². The third-order valence-corrected chi connectivity index (χ3v) is 2.34. The molecule has 1 aromatic rings. The lowest BCUT2D eigenvalue weighted by Gasteiger charge is -2.14. The van der Waals surface area contributed by atoms with Gasteiger partial charge in [-0.2, -0.15) is 0 Å². The summed E-state index contributed by atoms with van der Waals surface area (Å²) in [4.78, 5) is 10.4. The van der Waals surface area contributed by atoms with Crippen LogP contribution in [0.25, 0.3) is 0 Å². The molecule has 100 valence electrons. The summed E-state index contributed by atoms with van der Waals surface area (Å²) in [5.41, 5.74) is 0.321. The Labute approximate surface area is 104 Å². The molecule has 0 aliphatic carbocycles. The van der Waals surface area contributed by atoms with E-state index in [2.05, 4.69) is 0 Å². The summed E-state index contributed by atoms with van der Waals surface area (Å²) >= 11 is 0. The van der Waals surface area contributed by atoms with E-state index in [1.165, 1.54) is 27.4 Å². The van der Waals surface area contributed by atoms with E-state index < -0.39 is 4.92 Å². The zero-order valence-corrected chi connectivity index (χ0v) is 10.7. The van der Waals surface area contributed by atoms with Gasteiger partial charge >= 0.3 is 5.69 Å². The molecule has 0 amide bonds. The third-order valence-electron chi connectivity index (χ3n) is 2.34. The highest BCUT2D eigenvalue weighted by Crippen LogP contribution is 2.43. The molecule has 0 unspecified atom stereocenters. The summed E-state index contributed by atoms with van der Waals surface area (Å²) in [6.45, 7) is 1.63. The second-order valence-electron chi connectivity index (χ2n) is 3.39. The molecule has 7 heteroatoms. The van der Waals surface area contributed by atoms with Crippen molar-refractivity contribution in [3.05, 3.63) is 21.7 Å². The summed E-state index contributed by atoms with van der Waals surface area (Å²) in [5.74, 6) is 0.778. The average molecular weight is 257 g/mol. The van der Waals surface area contributed by atoms with Crippen LogP contribution in [0.2, 0.25) is 0 Å². The predicted octanol–water partition coefficient (Wildman–Crippen LogP) is 1.90. The van der Waals surface area contributed by atoms with Crippen LogP contribution in [0, 0.1) is 17.0 Å². The molecule has 0 aliphatic heterocycles. The SMILES string of the molecule is COCOc1cc([N+](=O)[O-])c(OC)c(C)c1OC. The van der Waals surface area contributed by atoms with Crippen molar-refractivity contribution in [3.63, 3.8) is 0 Å². The fourth-order valence-corrected chi connectivity index (χ4v) is 1.61. The summed E-state index contributed by atoms with van der Waals surface area (Å²) < 4.78 is 20.2. The van der Waals surface area contributed by atoms with E-state index in [0.29, 0.717) is 11.3 Å². The van der Waals surface area contributed by atoms with Crippen LogP contribution in [0.15, 0.2) is 6.07 Å². The summed E-state index contributed by atoms with van der Waals surface area (Å²) in [6.07, 6.45) is 0. The Morgan fingerprint density at radius 2 is 1.83 bits per heavy atom. The molecule has 7 nitrogen and oxygen atoms in total. The number of ether oxygens (including phenoxy) is 4. The molecule has 1 rings (SSSR count). The van der Waals surface area contributed by atoms with E-state index in [-0.39, 0.29) is 24.0 Å². The summed E-state index contributed by atoms with van der Waals surface area (Å²) in [7, 11) is 4.27. The lowest BCUT2D eigenvalue weighted by atomic mass is 10.1. The quantitative estimate of drug-likeness (QED) is 0.440. The molecule has 0 aliphatic rings. The lowest BCUT2D eigenvalue weighted by molar-refractivity contribution is -0.385. The van der Waals surface area contributed by atoms with Gasteiger partial charge in [0, 0.05) is 12.7 Å². The second-order valence-corrected chi connectivity index (χ2v) is 3.39. The van der Waals surface area contributed by atoms with Crippen molar-refractivity contribution in [2.75, 3.05) is 28.1 Å². The van der Waals surface area contributed by atoms with Crippen molar-refractivity contribution < 1.29 is 23.9 Å². The van der Waals surface area contributed by atoms with Gasteiger partial charge in [-0.25, -0.2) is 0 Å². The zero-order chi connectivity index (χ0) is 13.7. The summed E-state index contributed by atoms with van der Waals surface area (Å²) in [5, 5.41) is 11.0. The number of rotatable bonds is 6. The van der Waals surface area contributed by atoms with Gasteiger partial charge in [-0.1, -0.05) is 0 Å². The number of hydrogen-bond donors (Lipinski definition) is 0. The van der Waals surface area contributed by atoms with Gasteiger partial charge in [0.25, 0.3) is 0 Å². The first-order valence-electron chi connectivity index (χ1n) is 5.08. The van der Waals surface area contributed by atoms with E-state index in [1.54, 1.807) is 6.92 Å². The van der Waals surface area contributed by atoms with Crippen LogP contribution >= 0.6 is 0 Å². The first-order valence-corrected chi connectivity index (χ1v) is 5.08. The number of nitrogens with zero attached hydrogens (tertiary/aromatic N) is 1. The zero-order valence-electron chi connectivity index (χ0n) is 10.7. The van der Waals surface area contributed by atoms with Gasteiger partial charge in [0.2, 0.25) is 5.75 Å². The molecule has 0 bridgehead atoms. The fraction of sp³-hybridized carbons (Fsp3) is 0.455. The minimum absolute atomic E-state index is 0.0285. The number of methoxy groups -OCH3 is 3. The minimum Gasteiger partial charge on any atom is -0.492 e. The van der Waals surface area contributed by atoms with Gasteiger partial charge in [-0.05, 0) is 6.92 Å². The molecule has 0 fully saturated rings. The van der Waals surface area contributed by atoms with Gasteiger partial charge < -0.3 is 18.9 Å². The van der Waals surface area contributed by atoms with E-state index in [1.807, 2.05) is 0 Å². The van der Waals surface area contributed by atoms with E-state index in [9.17, 15) is 10.1 Å². The maximum Gasteiger partial charge on any atom is 0.315 e. The molecule has 0 radical (unpaired) electrons. The molecule has 0 aromatic heterocycles. The number of nitro benzene ring substituents is 1. The minimum atomic E-state index is -0.537. The first kappa shape index (κ1) is 14.0. The van der Waals surface area contributed by atoms with Crippen LogP contribution in [-0.2, 0) is 4.74 Å². The normalized spacial score (nSPS) is 10.0. The Bertz CT molecular complexity index is 446. The smallest absolute Gasteiger partial charge is 0.315 e. The van der Waals surface area contributed by atoms with Crippen LogP contribution in [0.3, 0.4) is 0 Å². The van der Waals surface area contributed by atoms with Gasteiger partial charge in [0.05, 0.1) is 25.2 Å². The van der Waals surface area contributed by atoms with Crippen molar-refractivity contribution in [2.45, 2.75) is 6.92 Å². The van der Waals surface area contributed by atoms with E-state index >= 15 is 0 Å². The number of nitro groups is 1. The fourth-order valence-electron chi connectivity index (χ4n) is 1.61. The molecule has 18 heavy (non-hydrogen) atoms. The highest BCUT2D eigenvalue weighted by atomic mass is 16.7. The Balaban J connectivity index is 3.37. The highest BCUT2D eigenvalue weighted by Gasteiger charge is 2.24. The molecular formula is C11H15NO6. The molecular weight excluding hydrogens is 242 g/mol. The van der Waals surface area contributed by atoms with Crippen molar-refractivity contribution >= 4 is 5.69 Å². The number of benzene rings is 1. The Morgan fingerprint density at radius 3 is 2.28 bits per heavy atom. The van der Waals surface area contributed by atoms with Crippen molar-refractivity contribution in [1.82, 2.24) is 0 Å². The monoisotopic (exact) mass is 257 g/mol. The molecule has 1 aromatic carbocycles. The van der Waals surface area contributed by atoms with Crippen LogP contribution in [0.4, 0.5) is 5.69 Å². The molecule has 0 heterocycles. The Hall–Kier alpha value is -2.02. The average Bonchev–Trinajstić information content (AvgIpc) is 2.35. The topological polar surface area (TPSA) is 80.1 Å². The van der Waals surface area contributed by atoms with Crippen LogP contribution in [-0.4, -0.2) is 33.0 Å². The predicted molar refractivity (Wildman–Crippen MR) is 63.4 cm³/mol. The molecule has 0 saturated carbocycles. The van der Waals surface area contributed by atoms with E-state index in [0.717, 1.165) is 0 Å². The van der Waals surface area contributed by atoms with Crippen molar-refractivity contribution in [1.29, 1.82) is 0 Å². The molecule has 0 N–H and O–H groups in total. The highest BCUT2D eigenvalue weighted by molar-refractivity contribution is 5.63. The van der Waals surface area contributed by atoms with Crippen LogP contribution < -0.4 is 14.2 Å². The Kier molecular flexibility index (Phi) is 4.73. The summed E-state index contributed by atoms with van der Waals surface area (Å²) in [6, 6.07) is 1.25. The Morgan fingerprint density at radius 1 is 1.22 bits per heavy atom. The molecule has 0 atom stereocenters.